The molecule has 1 aromatic rings. The molecule has 204 valence electrons. The molecule has 1 aromatic carbocycles. The van der Waals surface area contributed by atoms with Crippen LogP contribution in [0.25, 0.3) is 6.08 Å². The lowest BCUT2D eigenvalue weighted by Crippen LogP contribution is -2.60. The molecule has 37 heavy (non-hydrogen) atoms. The van der Waals surface area contributed by atoms with Crippen molar-refractivity contribution in [3.63, 3.8) is 0 Å². The minimum atomic E-state index is -0.773. The molecule has 0 aromatic heterocycles. The molecule has 1 saturated carbocycles. The molecular weight excluding hydrogens is 480 g/mol. The Morgan fingerprint density at radius 1 is 1.11 bits per heavy atom. The number of ether oxygens (including phenoxy) is 6. The molecule has 4 rings (SSSR count). The monoisotopic (exact) mass is 518 g/mol. The lowest BCUT2D eigenvalue weighted by atomic mass is 9.71. The number of aliphatic hydroxyl groups is 1. The second-order valence-electron chi connectivity index (χ2n) is 10.4. The predicted octanol–water partition coefficient (Wildman–Crippen LogP) is 3.55. The summed E-state index contributed by atoms with van der Waals surface area (Å²) in [6.45, 7) is 5.50. The lowest BCUT2D eigenvalue weighted by molar-refractivity contribution is -0.253. The van der Waals surface area contributed by atoms with Gasteiger partial charge in [-0.1, -0.05) is 13.8 Å². The Morgan fingerprint density at radius 3 is 2.35 bits per heavy atom. The van der Waals surface area contributed by atoms with Gasteiger partial charge in [-0.3, -0.25) is 0 Å². The Labute approximate surface area is 218 Å². The van der Waals surface area contributed by atoms with Gasteiger partial charge in [0, 0.05) is 18.4 Å². The van der Waals surface area contributed by atoms with Crippen molar-refractivity contribution >= 4 is 18.0 Å². The van der Waals surface area contributed by atoms with Crippen LogP contribution in [0.1, 0.15) is 52.0 Å². The molecule has 3 unspecified atom stereocenters. The number of fused-ring (bicyclic) bond motifs is 4. The highest BCUT2D eigenvalue weighted by Crippen LogP contribution is 2.62. The topological polar surface area (TPSA) is 110 Å². The molecule has 3 fully saturated rings. The number of esters is 2. The summed E-state index contributed by atoms with van der Waals surface area (Å²) >= 11 is 0. The third kappa shape index (κ3) is 4.68. The Morgan fingerprint density at radius 2 is 1.78 bits per heavy atom. The molecule has 2 aliphatic heterocycles. The SMILES string of the molecule is CC[C@]12CC(OC(=O)CO)[C@](C)(O1)C1CC[C@@H](C)C1[C@@H]2OC(=O)/C=C/c1cc(OC)c(OC)c(OC)c1. The molecular formula is C28H38O9. The fraction of sp³-hybridized carbons (Fsp3) is 0.643. The second kappa shape index (κ2) is 10.5. The Balaban J connectivity index is 1.60. The largest absolute Gasteiger partial charge is 0.493 e. The minimum Gasteiger partial charge on any atom is -0.493 e. The van der Waals surface area contributed by atoms with E-state index in [0.29, 0.717) is 41.6 Å². The molecule has 9 heteroatoms. The van der Waals surface area contributed by atoms with E-state index in [1.807, 2.05) is 13.8 Å². The molecule has 2 bridgehead atoms. The molecule has 0 amide bonds. The molecule has 0 radical (unpaired) electrons. The van der Waals surface area contributed by atoms with Crippen LogP contribution in [0.15, 0.2) is 18.2 Å². The first-order chi connectivity index (χ1) is 17.7. The van der Waals surface area contributed by atoms with Gasteiger partial charge in [-0.2, -0.15) is 0 Å². The van der Waals surface area contributed by atoms with Crippen molar-refractivity contribution in [2.24, 2.45) is 17.8 Å². The number of methoxy groups -OCH3 is 3. The Bertz CT molecular complexity index is 1030. The summed E-state index contributed by atoms with van der Waals surface area (Å²) in [6.07, 6.45) is 4.93. The molecule has 9 nitrogen and oxygen atoms in total. The van der Waals surface area contributed by atoms with Crippen LogP contribution in [0.4, 0.5) is 0 Å². The summed E-state index contributed by atoms with van der Waals surface area (Å²) in [6, 6.07) is 3.50. The first kappa shape index (κ1) is 27.3. The van der Waals surface area contributed by atoms with E-state index in [2.05, 4.69) is 6.92 Å². The van der Waals surface area contributed by atoms with Crippen molar-refractivity contribution in [1.82, 2.24) is 0 Å². The molecule has 2 heterocycles. The molecule has 1 aliphatic carbocycles. The first-order valence-corrected chi connectivity index (χ1v) is 12.9. The summed E-state index contributed by atoms with van der Waals surface area (Å²) in [5, 5.41) is 9.27. The van der Waals surface area contributed by atoms with Crippen molar-refractivity contribution in [3.05, 3.63) is 23.8 Å². The van der Waals surface area contributed by atoms with Crippen molar-refractivity contribution in [2.75, 3.05) is 27.9 Å². The van der Waals surface area contributed by atoms with Gasteiger partial charge in [-0.05, 0) is 61.8 Å². The third-order valence-corrected chi connectivity index (χ3v) is 8.60. The smallest absolute Gasteiger partial charge is 0.332 e. The van der Waals surface area contributed by atoms with E-state index in [4.69, 9.17) is 28.4 Å². The summed E-state index contributed by atoms with van der Waals surface area (Å²) in [7, 11) is 4.60. The van der Waals surface area contributed by atoms with Gasteiger partial charge in [0.15, 0.2) is 11.5 Å². The van der Waals surface area contributed by atoms with E-state index in [1.165, 1.54) is 27.4 Å². The van der Waals surface area contributed by atoms with E-state index in [0.717, 1.165) is 12.8 Å². The van der Waals surface area contributed by atoms with E-state index in [-0.39, 0.29) is 11.8 Å². The maximum atomic E-state index is 13.2. The van der Waals surface area contributed by atoms with Crippen LogP contribution in [0.5, 0.6) is 17.2 Å². The number of hydrogen-bond acceptors (Lipinski definition) is 9. The van der Waals surface area contributed by atoms with Gasteiger partial charge in [-0.25, -0.2) is 9.59 Å². The van der Waals surface area contributed by atoms with Crippen LogP contribution in [0.3, 0.4) is 0 Å². The van der Waals surface area contributed by atoms with E-state index < -0.39 is 42.0 Å². The number of carbonyl (C=O) groups excluding carboxylic acids is 2. The summed E-state index contributed by atoms with van der Waals surface area (Å²) in [4.78, 5) is 25.2. The van der Waals surface area contributed by atoms with Crippen LogP contribution < -0.4 is 14.2 Å². The highest BCUT2D eigenvalue weighted by molar-refractivity contribution is 5.87. The van der Waals surface area contributed by atoms with E-state index >= 15 is 0 Å². The molecule has 0 spiro atoms. The molecule has 3 aliphatic rings. The summed E-state index contributed by atoms with van der Waals surface area (Å²) in [5.41, 5.74) is -0.774. The normalized spacial score (nSPS) is 34.2. The summed E-state index contributed by atoms with van der Waals surface area (Å²) < 4.78 is 34.7. The predicted molar refractivity (Wildman–Crippen MR) is 134 cm³/mol. The summed E-state index contributed by atoms with van der Waals surface area (Å²) in [5.74, 6) is 0.756. The zero-order valence-corrected chi connectivity index (χ0v) is 22.4. The van der Waals surface area contributed by atoms with Crippen molar-refractivity contribution in [1.29, 1.82) is 0 Å². The number of hydrogen-bond donors (Lipinski definition) is 1. The van der Waals surface area contributed by atoms with Crippen LogP contribution in [-0.2, 0) is 23.8 Å². The number of carbonyl (C=O) groups is 2. The maximum Gasteiger partial charge on any atom is 0.332 e. The second-order valence-corrected chi connectivity index (χ2v) is 10.4. The molecule has 7 atom stereocenters. The van der Waals surface area contributed by atoms with E-state index in [1.54, 1.807) is 18.2 Å². The average Bonchev–Trinajstić information content (AvgIpc) is 3.41. The third-order valence-electron chi connectivity index (χ3n) is 8.60. The standard InChI is InChI=1S/C28H38O9/c1-7-28-14-21(35-23(31)15-29)27(3,37-28)18-10-8-16(2)24(18)26(28)36-22(30)11-9-17-12-19(32-4)25(34-6)20(13-17)33-5/h9,11-13,16,18,21,24,26,29H,7-8,10,14-15H2,1-6H3/b11-9+/t16-,18?,21?,24?,26+,27-,28-/m1/s1. The Hall–Kier alpha value is -2.78. The average molecular weight is 519 g/mol. The fourth-order valence-electron chi connectivity index (χ4n) is 6.79. The van der Waals surface area contributed by atoms with Crippen LogP contribution in [0.2, 0.25) is 0 Å². The number of aliphatic hydroxyl groups excluding tert-OH is 1. The van der Waals surface area contributed by atoms with Gasteiger partial charge in [0.2, 0.25) is 5.75 Å². The molecule has 1 N–H and O–H groups in total. The van der Waals surface area contributed by atoms with Gasteiger partial charge in [0.1, 0.15) is 30.0 Å². The van der Waals surface area contributed by atoms with Gasteiger partial charge in [-0.15, -0.1) is 0 Å². The van der Waals surface area contributed by atoms with Crippen LogP contribution in [-0.4, -0.2) is 68.4 Å². The first-order valence-electron chi connectivity index (χ1n) is 12.9. The van der Waals surface area contributed by atoms with E-state index in [9.17, 15) is 14.7 Å². The van der Waals surface area contributed by atoms with Crippen LogP contribution >= 0.6 is 0 Å². The van der Waals surface area contributed by atoms with Gasteiger partial charge < -0.3 is 33.5 Å². The van der Waals surface area contributed by atoms with Gasteiger partial charge in [0.05, 0.1) is 21.3 Å². The minimum absolute atomic E-state index is 0.0676. The zero-order valence-electron chi connectivity index (χ0n) is 22.4. The van der Waals surface area contributed by atoms with Gasteiger partial charge in [0.25, 0.3) is 0 Å². The fourth-order valence-corrected chi connectivity index (χ4v) is 6.79. The molecule has 2 saturated heterocycles. The Kier molecular flexibility index (Phi) is 7.76. The van der Waals surface area contributed by atoms with Gasteiger partial charge >= 0.3 is 11.9 Å². The van der Waals surface area contributed by atoms with Crippen LogP contribution in [0, 0.1) is 17.8 Å². The van der Waals surface area contributed by atoms with Crippen molar-refractivity contribution in [3.8, 4) is 17.2 Å². The lowest BCUT2D eigenvalue weighted by Gasteiger charge is -2.51. The number of benzene rings is 1. The highest BCUT2D eigenvalue weighted by atomic mass is 16.6. The maximum absolute atomic E-state index is 13.2. The number of rotatable bonds is 9. The highest BCUT2D eigenvalue weighted by Gasteiger charge is 2.70. The van der Waals surface area contributed by atoms with Crippen molar-refractivity contribution in [2.45, 2.75) is 69.9 Å². The van der Waals surface area contributed by atoms with Crippen molar-refractivity contribution < 1.29 is 43.1 Å². The quantitative estimate of drug-likeness (QED) is 0.388. The zero-order chi connectivity index (χ0) is 27.0.